The maximum absolute atomic E-state index is 11.6. The topological polar surface area (TPSA) is 58.2 Å². The van der Waals surface area contributed by atoms with E-state index in [-0.39, 0.29) is 11.8 Å². The molecular formula is C15H22N2O2. The van der Waals surface area contributed by atoms with Gasteiger partial charge in [0.25, 0.3) is 0 Å². The quantitative estimate of drug-likeness (QED) is 0.826. The van der Waals surface area contributed by atoms with Crippen LogP contribution >= 0.6 is 0 Å². The molecule has 1 aromatic rings. The summed E-state index contributed by atoms with van der Waals surface area (Å²) in [5, 5.41) is 5.61. The molecular weight excluding hydrogens is 240 g/mol. The van der Waals surface area contributed by atoms with Gasteiger partial charge >= 0.3 is 0 Å². The molecule has 0 unspecified atom stereocenters. The lowest BCUT2D eigenvalue weighted by molar-refractivity contribution is -0.121. The van der Waals surface area contributed by atoms with E-state index in [1.807, 2.05) is 24.3 Å². The number of rotatable bonds is 6. The van der Waals surface area contributed by atoms with Gasteiger partial charge in [0.05, 0.1) is 0 Å². The standard InChI is InChI=1S/C15H22N2O2/c1-11(2)10-16-15(19)9-6-13-4-7-14(8-5-13)17-12(3)18/h4-5,7-8,11H,6,9-10H2,1-3H3,(H,16,19)(H,17,18). The highest BCUT2D eigenvalue weighted by atomic mass is 16.2. The van der Waals surface area contributed by atoms with E-state index in [0.29, 0.717) is 18.8 Å². The Bertz CT molecular complexity index is 424. The van der Waals surface area contributed by atoms with Gasteiger partial charge in [-0.15, -0.1) is 0 Å². The average molecular weight is 262 g/mol. The summed E-state index contributed by atoms with van der Waals surface area (Å²) in [7, 11) is 0. The van der Waals surface area contributed by atoms with Crippen LogP contribution in [0.1, 0.15) is 32.8 Å². The van der Waals surface area contributed by atoms with Crippen LogP contribution in [0.25, 0.3) is 0 Å². The van der Waals surface area contributed by atoms with Crippen molar-refractivity contribution in [2.75, 3.05) is 11.9 Å². The normalized spacial score (nSPS) is 10.3. The van der Waals surface area contributed by atoms with Gasteiger partial charge in [0.2, 0.25) is 11.8 Å². The van der Waals surface area contributed by atoms with Gasteiger partial charge in [-0.05, 0) is 30.0 Å². The third kappa shape index (κ3) is 6.60. The van der Waals surface area contributed by atoms with E-state index in [1.54, 1.807) is 0 Å². The summed E-state index contributed by atoms with van der Waals surface area (Å²) in [5.74, 6) is 0.473. The summed E-state index contributed by atoms with van der Waals surface area (Å²) in [4.78, 5) is 22.4. The van der Waals surface area contributed by atoms with Crippen LogP contribution in [-0.4, -0.2) is 18.4 Å². The fraction of sp³-hybridized carbons (Fsp3) is 0.467. The maximum Gasteiger partial charge on any atom is 0.221 e. The molecule has 0 aliphatic rings. The van der Waals surface area contributed by atoms with Crippen molar-refractivity contribution in [3.05, 3.63) is 29.8 Å². The molecule has 0 spiro atoms. The minimum absolute atomic E-state index is 0.0826. The molecule has 4 heteroatoms. The van der Waals surface area contributed by atoms with Crippen LogP contribution in [0, 0.1) is 5.92 Å². The van der Waals surface area contributed by atoms with E-state index >= 15 is 0 Å². The predicted octanol–water partition coefficient (Wildman–Crippen LogP) is 2.35. The molecule has 0 radical (unpaired) electrons. The second-order valence-electron chi connectivity index (χ2n) is 5.08. The summed E-state index contributed by atoms with van der Waals surface area (Å²) >= 11 is 0. The Morgan fingerprint density at radius 2 is 1.79 bits per heavy atom. The lowest BCUT2D eigenvalue weighted by atomic mass is 10.1. The van der Waals surface area contributed by atoms with E-state index in [9.17, 15) is 9.59 Å². The number of anilines is 1. The SMILES string of the molecule is CC(=O)Nc1ccc(CCC(=O)NCC(C)C)cc1. The highest BCUT2D eigenvalue weighted by Gasteiger charge is 2.03. The minimum Gasteiger partial charge on any atom is -0.356 e. The Kier molecular flexibility index (Phi) is 6.06. The Labute approximate surface area is 114 Å². The van der Waals surface area contributed by atoms with Gasteiger partial charge in [0.15, 0.2) is 0 Å². The largest absolute Gasteiger partial charge is 0.356 e. The summed E-state index contributed by atoms with van der Waals surface area (Å²) in [6.45, 7) is 6.34. The molecule has 0 atom stereocenters. The monoisotopic (exact) mass is 262 g/mol. The van der Waals surface area contributed by atoms with E-state index < -0.39 is 0 Å². The highest BCUT2D eigenvalue weighted by Crippen LogP contribution is 2.11. The van der Waals surface area contributed by atoms with Crippen LogP contribution in [-0.2, 0) is 16.0 Å². The molecule has 1 rings (SSSR count). The molecule has 19 heavy (non-hydrogen) atoms. The maximum atomic E-state index is 11.6. The van der Waals surface area contributed by atoms with Crippen molar-refractivity contribution in [2.45, 2.75) is 33.6 Å². The van der Waals surface area contributed by atoms with Gasteiger partial charge in [-0.25, -0.2) is 0 Å². The van der Waals surface area contributed by atoms with Crippen molar-refractivity contribution >= 4 is 17.5 Å². The second kappa shape index (κ2) is 7.56. The van der Waals surface area contributed by atoms with Gasteiger partial charge in [-0.2, -0.15) is 0 Å². The number of aryl methyl sites for hydroxylation is 1. The van der Waals surface area contributed by atoms with Crippen molar-refractivity contribution < 1.29 is 9.59 Å². The summed E-state index contributed by atoms with van der Waals surface area (Å²) in [6, 6.07) is 7.56. The van der Waals surface area contributed by atoms with Crippen LogP contribution in [0.5, 0.6) is 0 Å². The number of benzene rings is 1. The first-order valence-electron chi connectivity index (χ1n) is 6.60. The highest BCUT2D eigenvalue weighted by molar-refractivity contribution is 5.88. The van der Waals surface area contributed by atoms with Crippen LogP contribution in [0.2, 0.25) is 0 Å². The van der Waals surface area contributed by atoms with Crippen molar-refractivity contribution in [1.82, 2.24) is 5.32 Å². The fourth-order valence-corrected chi connectivity index (χ4v) is 1.62. The molecule has 0 heterocycles. The predicted molar refractivity (Wildman–Crippen MR) is 76.9 cm³/mol. The molecule has 0 aliphatic heterocycles. The van der Waals surface area contributed by atoms with Crippen LogP contribution in [0.15, 0.2) is 24.3 Å². The molecule has 104 valence electrons. The molecule has 0 saturated carbocycles. The molecule has 4 nitrogen and oxygen atoms in total. The number of hydrogen-bond acceptors (Lipinski definition) is 2. The first-order chi connectivity index (χ1) is 8.97. The molecule has 0 aromatic heterocycles. The van der Waals surface area contributed by atoms with E-state index in [4.69, 9.17) is 0 Å². The number of carbonyl (C=O) groups excluding carboxylic acids is 2. The smallest absolute Gasteiger partial charge is 0.221 e. The van der Waals surface area contributed by atoms with E-state index in [1.165, 1.54) is 6.92 Å². The Hall–Kier alpha value is -1.84. The molecule has 2 N–H and O–H groups in total. The number of amides is 2. The molecule has 0 aliphatic carbocycles. The minimum atomic E-state index is -0.0826. The third-order valence-electron chi connectivity index (χ3n) is 2.62. The van der Waals surface area contributed by atoms with Gasteiger partial charge in [-0.1, -0.05) is 26.0 Å². The Morgan fingerprint density at radius 3 is 2.32 bits per heavy atom. The van der Waals surface area contributed by atoms with E-state index in [2.05, 4.69) is 24.5 Å². The van der Waals surface area contributed by atoms with Crippen molar-refractivity contribution in [1.29, 1.82) is 0 Å². The number of nitrogens with one attached hydrogen (secondary N) is 2. The second-order valence-corrected chi connectivity index (χ2v) is 5.08. The van der Waals surface area contributed by atoms with Gasteiger partial charge < -0.3 is 10.6 Å². The lowest BCUT2D eigenvalue weighted by Gasteiger charge is -2.08. The van der Waals surface area contributed by atoms with Crippen molar-refractivity contribution in [3.8, 4) is 0 Å². The third-order valence-corrected chi connectivity index (χ3v) is 2.62. The molecule has 0 saturated heterocycles. The van der Waals surface area contributed by atoms with Gasteiger partial charge in [0.1, 0.15) is 0 Å². The lowest BCUT2D eigenvalue weighted by Crippen LogP contribution is -2.27. The fourth-order valence-electron chi connectivity index (χ4n) is 1.62. The first-order valence-corrected chi connectivity index (χ1v) is 6.60. The first kappa shape index (κ1) is 15.2. The average Bonchev–Trinajstić information content (AvgIpc) is 2.35. The van der Waals surface area contributed by atoms with Crippen LogP contribution in [0.3, 0.4) is 0 Å². The zero-order valence-corrected chi connectivity index (χ0v) is 11.8. The van der Waals surface area contributed by atoms with E-state index in [0.717, 1.165) is 17.8 Å². The Balaban J connectivity index is 2.37. The van der Waals surface area contributed by atoms with Crippen molar-refractivity contribution in [2.24, 2.45) is 5.92 Å². The van der Waals surface area contributed by atoms with Crippen LogP contribution in [0.4, 0.5) is 5.69 Å². The van der Waals surface area contributed by atoms with Gasteiger partial charge in [-0.3, -0.25) is 9.59 Å². The zero-order chi connectivity index (χ0) is 14.3. The molecule has 0 fully saturated rings. The summed E-state index contributed by atoms with van der Waals surface area (Å²) < 4.78 is 0. The van der Waals surface area contributed by atoms with Gasteiger partial charge in [0, 0.05) is 25.6 Å². The molecule has 0 bridgehead atoms. The Morgan fingerprint density at radius 1 is 1.16 bits per heavy atom. The summed E-state index contributed by atoms with van der Waals surface area (Å²) in [6.07, 6.45) is 1.20. The summed E-state index contributed by atoms with van der Waals surface area (Å²) in [5.41, 5.74) is 1.87. The van der Waals surface area contributed by atoms with Crippen LogP contribution < -0.4 is 10.6 Å². The molecule has 2 amide bonds. The number of carbonyl (C=O) groups is 2. The number of hydrogen-bond donors (Lipinski definition) is 2. The molecule has 1 aromatic carbocycles. The zero-order valence-electron chi connectivity index (χ0n) is 11.8. The van der Waals surface area contributed by atoms with Crippen molar-refractivity contribution in [3.63, 3.8) is 0 Å².